The van der Waals surface area contributed by atoms with Crippen molar-refractivity contribution in [1.29, 1.82) is 0 Å². The number of ether oxygens (including phenoxy) is 1. The summed E-state index contributed by atoms with van der Waals surface area (Å²) < 4.78 is 5.85. The largest absolute Gasteiger partial charge is 0.377 e. The lowest BCUT2D eigenvalue weighted by Gasteiger charge is -2.48. The second-order valence-electron chi connectivity index (χ2n) is 6.17. The van der Waals surface area contributed by atoms with Crippen LogP contribution in [0.15, 0.2) is 0 Å². The van der Waals surface area contributed by atoms with Crippen molar-refractivity contribution >= 4 is 0 Å². The molecule has 3 atom stereocenters. The van der Waals surface area contributed by atoms with Crippen LogP contribution in [0.5, 0.6) is 0 Å². The van der Waals surface area contributed by atoms with Crippen molar-refractivity contribution in [2.75, 3.05) is 26.2 Å². The van der Waals surface area contributed by atoms with Crippen LogP contribution in [0, 0.1) is 5.92 Å². The molecule has 0 aromatic rings. The molecule has 1 heterocycles. The fourth-order valence-corrected chi connectivity index (χ4v) is 3.39. The third-order valence-electron chi connectivity index (χ3n) is 4.91. The molecule has 3 nitrogen and oxygen atoms in total. The average Bonchev–Trinajstić information content (AvgIpc) is 2.45. The van der Waals surface area contributed by atoms with Crippen molar-refractivity contribution in [2.45, 2.75) is 71.4 Å². The fourth-order valence-electron chi connectivity index (χ4n) is 3.39. The third kappa shape index (κ3) is 4.44. The molecule has 114 valence electrons. The molecule has 1 rings (SSSR count). The van der Waals surface area contributed by atoms with Gasteiger partial charge >= 0.3 is 0 Å². The number of piperidine rings is 1. The van der Waals surface area contributed by atoms with Gasteiger partial charge in [-0.3, -0.25) is 4.90 Å². The summed E-state index contributed by atoms with van der Waals surface area (Å²) in [4.78, 5) is 2.63. The molecular weight excluding hydrogens is 236 g/mol. The minimum absolute atomic E-state index is 0.186. The number of hydrogen-bond acceptors (Lipinski definition) is 3. The summed E-state index contributed by atoms with van der Waals surface area (Å²) in [5.41, 5.74) is 6.37. The molecule has 1 saturated heterocycles. The van der Waals surface area contributed by atoms with Crippen LogP contribution in [0.2, 0.25) is 0 Å². The molecule has 0 radical (unpaired) electrons. The minimum atomic E-state index is 0.186. The summed E-state index contributed by atoms with van der Waals surface area (Å²) >= 11 is 0. The Balaban J connectivity index is 2.73. The minimum Gasteiger partial charge on any atom is -0.377 e. The van der Waals surface area contributed by atoms with E-state index in [0.29, 0.717) is 6.10 Å². The van der Waals surface area contributed by atoms with Gasteiger partial charge < -0.3 is 10.5 Å². The molecule has 0 aliphatic carbocycles. The van der Waals surface area contributed by atoms with Gasteiger partial charge in [-0.15, -0.1) is 0 Å². The van der Waals surface area contributed by atoms with Gasteiger partial charge in [0.05, 0.1) is 6.10 Å². The SMILES string of the molecule is CCOC1CCCN(C(CC)(CN)CC(C)CC)C1. The first-order chi connectivity index (χ1) is 9.11. The lowest BCUT2D eigenvalue weighted by atomic mass is 9.81. The van der Waals surface area contributed by atoms with Crippen LogP contribution in [0.4, 0.5) is 0 Å². The van der Waals surface area contributed by atoms with Crippen LogP contribution in [-0.4, -0.2) is 42.8 Å². The van der Waals surface area contributed by atoms with E-state index in [9.17, 15) is 0 Å². The topological polar surface area (TPSA) is 38.5 Å². The maximum absolute atomic E-state index is 6.19. The lowest BCUT2D eigenvalue weighted by molar-refractivity contribution is -0.0404. The Morgan fingerprint density at radius 3 is 2.63 bits per heavy atom. The molecule has 0 aromatic heterocycles. The smallest absolute Gasteiger partial charge is 0.0702 e. The Kier molecular flexibility index (Phi) is 7.33. The summed E-state index contributed by atoms with van der Waals surface area (Å²) in [6, 6.07) is 0. The Morgan fingerprint density at radius 2 is 2.11 bits per heavy atom. The Labute approximate surface area is 119 Å². The van der Waals surface area contributed by atoms with Crippen LogP contribution < -0.4 is 5.73 Å². The fraction of sp³-hybridized carbons (Fsp3) is 1.00. The molecule has 3 heteroatoms. The number of hydrogen-bond donors (Lipinski definition) is 1. The van der Waals surface area contributed by atoms with Gasteiger partial charge in [-0.25, -0.2) is 0 Å². The molecule has 2 N–H and O–H groups in total. The van der Waals surface area contributed by atoms with E-state index < -0.39 is 0 Å². The summed E-state index contributed by atoms with van der Waals surface area (Å²) in [7, 11) is 0. The van der Waals surface area contributed by atoms with E-state index in [-0.39, 0.29) is 5.54 Å². The maximum atomic E-state index is 6.19. The summed E-state index contributed by atoms with van der Waals surface area (Å²) in [6.45, 7) is 12.9. The zero-order valence-electron chi connectivity index (χ0n) is 13.5. The first-order valence-electron chi connectivity index (χ1n) is 8.18. The average molecular weight is 270 g/mol. The maximum Gasteiger partial charge on any atom is 0.0702 e. The van der Waals surface area contributed by atoms with Gasteiger partial charge in [-0.05, 0) is 45.1 Å². The molecular formula is C16H34N2O. The quantitative estimate of drug-likeness (QED) is 0.737. The van der Waals surface area contributed by atoms with Gasteiger partial charge in [0.25, 0.3) is 0 Å². The summed E-state index contributed by atoms with van der Waals surface area (Å²) in [5, 5.41) is 0. The molecule has 0 amide bonds. The monoisotopic (exact) mass is 270 g/mol. The van der Waals surface area contributed by atoms with Crippen LogP contribution in [0.3, 0.4) is 0 Å². The van der Waals surface area contributed by atoms with Crippen molar-refractivity contribution in [1.82, 2.24) is 4.90 Å². The van der Waals surface area contributed by atoms with Gasteiger partial charge in [0.1, 0.15) is 0 Å². The van der Waals surface area contributed by atoms with Crippen LogP contribution >= 0.6 is 0 Å². The van der Waals surface area contributed by atoms with Crippen molar-refractivity contribution in [3.05, 3.63) is 0 Å². The molecule has 1 aliphatic heterocycles. The molecule has 0 saturated carbocycles. The highest BCUT2D eigenvalue weighted by Gasteiger charge is 2.37. The van der Waals surface area contributed by atoms with Crippen molar-refractivity contribution in [3.8, 4) is 0 Å². The van der Waals surface area contributed by atoms with Crippen LogP contribution in [-0.2, 0) is 4.74 Å². The van der Waals surface area contributed by atoms with E-state index in [4.69, 9.17) is 10.5 Å². The number of nitrogens with zero attached hydrogens (tertiary/aromatic N) is 1. The van der Waals surface area contributed by atoms with E-state index in [1.165, 1.54) is 32.2 Å². The highest BCUT2D eigenvalue weighted by atomic mass is 16.5. The highest BCUT2D eigenvalue weighted by molar-refractivity contribution is 4.94. The van der Waals surface area contributed by atoms with E-state index in [1.54, 1.807) is 0 Å². The van der Waals surface area contributed by atoms with Crippen molar-refractivity contribution in [3.63, 3.8) is 0 Å². The Hall–Kier alpha value is -0.120. The standard InChI is InChI=1S/C16H34N2O/c1-5-14(4)11-16(6-2,13-17)18-10-8-9-15(12-18)19-7-3/h14-15H,5-13,17H2,1-4H3. The van der Waals surface area contributed by atoms with Crippen LogP contribution in [0.1, 0.15) is 59.8 Å². The third-order valence-corrected chi connectivity index (χ3v) is 4.91. The lowest BCUT2D eigenvalue weighted by Crippen LogP contribution is -2.58. The molecule has 1 aliphatic rings. The Bertz CT molecular complexity index is 239. The normalized spacial score (nSPS) is 26.1. The Morgan fingerprint density at radius 1 is 1.37 bits per heavy atom. The number of likely N-dealkylation sites (tertiary alicyclic amines) is 1. The van der Waals surface area contributed by atoms with Gasteiger partial charge in [0, 0.05) is 25.2 Å². The summed E-state index contributed by atoms with van der Waals surface area (Å²) in [5.74, 6) is 0.746. The predicted octanol–water partition coefficient (Wildman–Crippen LogP) is 3.03. The molecule has 0 spiro atoms. The number of nitrogens with two attached hydrogens (primary N) is 1. The van der Waals surface area contributed by atoms with Gasteiger partial charge in [-0.2, -0.15) is 0 Å². The molecule has 3 unspecified atom stereocenters. The first-order valence-corrected chi connectivity index (χ1v) is 8.18. The first kappa shape index (κ1) is 16.9. The second kappa shape index (κ2) is 8.23. The predicted molar refractivity (Wildman–Crippen MR) is 82.4 cm³/mol. The molecule has 19 heavy (non-hydrogen) atoms. The van der Waals surface area contributed by atoms with Crippen molar-refractivity contribution in [2.24, 2.45) is 11.7 Å². The zero-order valence-corrected chi connectivity index (χ0v) is 13.5. The molecule has 1 fully saturated rings. The number of rotatable bonds is 8. The van der Waals surface area contributed by atoms with Gasteiger partial charge in [0.2, 0.25) is 0 Å². The van der Waals surface area contributed by atoms with Gasteiger partial charge in [0.15, 0.2) is 0 Å². The van der Waals surface area contributed by atoms with Crippen LogP contribution in [0.25, 0.3) is 0 Å². The van der Waals surface area contributed by atoms with E-state index in [1.807, 2.05) is 0 Å². The summed E-state index contributed by atoms with van der Waals surface area (Å²) in [6.07, 6.45) is 6.46. The van der Waals surface area contributed by atoms with E-state index >= 15 is 0 Å². The van der Waals surface area contributed by atoms with E-state index in [2.05, 4.69) is 32.6 Å². The van der Waals surface area contributed by atoms with E-state index in [0.717, 1.165) is 32.0 Å². The second-order valence-corrected chi connectivity index (χ2v) is 6.17. The van der Waals surface area contributed by atoms with Gasteiger partial charge in [-0.1, -0.05) is 27.2 Å². The molecule has 0 aromatic carbocycles. The molecule has 0 bridgehead atoms. The highest BCUT2D eigenvalue weighted by Crippen LogP contribution is 2.31. The van der Waals surface area contributed by atoms with Crippen molar-refractivity contribution < 1.29 is 4.74 Å². The zero-order chi connectivity index (χ0) is 14.3.